The topological polar surface area (TPSA) is 52.5 Å². The van der Waals surface area contributed by atoms with Gasteiger partial charge in [0.05, 0.1) is 5.52 Å². The third-order valence-corrected chi connectivity index (χ3v) is 3.60. The molecule has 24 heavy (non-hydrogen) atoms. The summed E-state index contributed by atoms with van der Waals surface area (Å²) in [6.45, 7) is 1.29. The zero-order valence-corrected chi connectivity index (χ0v) is 13.4. The van der Waals surface area contributed by atoms with Crippen molar-refractivity contribution in [3.63, 3.8) is 0 Å². The molecular weight excluding hydrogens is 304 g/mol. The number of fused-ring (bicyclic) bond motifs is 1. The van der Waals surface area contributed by atoms with Crippen LogP contribution in [0.15, 0.2) is 66.9 Å². The van der Waals surface area contributed by atoms with Gasteiger partial charge in [-0.2, -0.15) is 4.73 Å². The monoisotopic (exact) mass is 324 g/mol. The van der Waals surface area contributed by atoms with Crippen LogP contribution >= 0.6 is 0 Å². The number of amides is 1. The fraction of sp³-hybridized carbons (Fsp3) is 0.211. The Bertz CT molecular complexity index is 783. The van der Waals surface area contributed by atoms with Crippen LogP contribution in [-0.2, 0) is 11.3 Å². The number of rotatable bonds is 7. The van der Waals surface area contributed by atoms with Crippen molar-refractivity contribution in [1.82, 2.24) is 10.0 Å². The first-order valence-corrected chi connectivity index (χ1v) is 7.97. The van der Waals surface area contributed by atoms with Crippen molar-refractivity contribution in [3.8, 4) is 0 Å². The molecule has 1 aromatic heterocycles. The van der Waals surface area contributed by atoms with Crippen molar-refractivity contribution in [1.29, 1.82) is 0 Å². The smallest absolute Gasteiger partial charge is 0.407 e. The maximum absolute atomic E-state index is 11.6. The summed E-state index contributed by atoms with van der Waals surface area (Å²) in [5, 5.41) is 3.86. The molecule has 0 saturated heterocycles. The summed E-state index contributed by atoms with van der Waals surface area (Å²) >= 11 is 0. The number of para-hydroxylation sites is 1. The number of carbonyl (C=O) groups excluding carboxylic acids is 1. The molecule has 1 heterocycles. The molecule has 0 unspecified atom stereocenters. The number of ether oxygens (including phenoxy) is 1. The number of nitrogens with zero attached hydrogens (tertiary/aromatic N) is 1. The lowest BCUT2D eigenvalue weighted by Crippen LogP contribution is -2.27. The number of carbonyl (C=O) groups is 1. The van der Waals surface area contributed by atoms with E-state index >= 15 is 0 Å². The van der Waals surface area contributed by atoms with Gasteiger partial charge in [0.2, 0.25) is 0 Å². The highest BCUT2D eigenvalue weighted by Gasteiger charge is 2.03. The van der Waals surface area contributed by atoms with E-state index in [0.717, 1.165) is 16.5 Å². The van der Waals surface area contributed by atoms with E-state index in [0.29, 0.717) is 19.6 Å². The Balaban J connectivity index is 1.33. The van der Waals surface area contributed by atoms with Gasteiger partial charge in [0.1, 0.15) is 13.2 Å². The third-order valence-electron chi connectivity index (χ3n) is 3.60. The summed E-state index contributed by atoms with van der Waals surface area (Å²) in [6.07, 6.45) is 2.18. The van der Waals surface area contributed by atoms with Gasteiger partial charge in [-0.1, -0.05) is 48.5 Å². The van der Waals surface area contributed by atoms with Crippen molar-refractivity contribution in [3.05, 3.63) is 72.4 Å². The fourth-order valence-electron chi connectivity index (χ4n) is 2.37. The zero-order chi connectivity index (χ0) is 16.6. The molecule has 5 heteroatoms. The summed E-state index contributed by atoms with van der Waals surface area (Å²) < 4.78 is 6.90. The highest BCUT2D eigenvalue weighted by Crippen LogP contribution is 2.13. The molecule has 0 atom stereocenters. The van der Waals surface area contributed by atoms with Crippen molar-refractivity contribution >= 4 is 17.0 Å². The first kappa shape index (κ1) is 15.9. The van der Waals surface area contributed by atoms with Crippen LogP contribution in [0.2, 0.25) is 0 Å². The minimum absolute atomic E-state index is 0.276. The highest BCUT2D eigenvalue weighted by atomic mass is 16.7. The second-order valence-corrected chi connectivity index (χ2v) is 5.38. The molecule has 0 aliphatic heterocycles. The average Bonchev–Trinajstić information content (AvgIpc) is 3.04. The lowest BCUT2D eigenvalue weighted by molar-refractivity contribution is 0.114. The van der Waals surface area contributed by atoms with E-state index in [1.807, 2.05) is 66.9 Å². The van der Waals surface area contributed by atoms with Crippen LogP contribution in [0.4, 0.5) is 4.79 Å². The molecule has 1 N–H and O–H groups in total. The largest absolute Gasteiger partial charge is 0.445 e. The second kappa shape index (κ2) is 8.06. The predicted molar refractivity (Wildman–Crippen MR) is 92.6 cm³/mol. The second-order valence-electron chi connectivity index (χ2n) is 5.38. The van der Waals surface area contributed by atoms with Crippen molar-refractivity contribution in [2.75, 3.05) is 13.2 Å². The van der Waals surface area contributed by atoms with Crippen molar-refractivity contribution in [2.24, 2.45) is 0 Å². The molecule has 0 saturated carbocycles. The Kier molecular flexibility index (Phi) is 5.35. The molecule has 3 aromatic rings. The Morgan fingerprint density at radius 2 is 1.79 bits per heavy atom. The van der Waals surface area contributed by atoms with Gasteiger partial charge >= 0.3 is 6.09 Å². The number of benzene rings is 2. The van der Waals surface area contributed by atoms with Gasteiger partial charge in [0.15, 0.2) is 0 Å². The molecule has 0 aliphatic carbocycles. The van der Waals surface area contributed by atoms with Gasteiger partial charge in [-0.15, -0.1) is 0 Å². The quantitative estimate of drug-likeness (QED) is 0.678. The normalized spacial score (nSPS) is 10.5. The van der Waals surface area contributed by atoms with E-state index in [1.165, 1.54) is 0 Å². The van der Waals surface area contributed by atoms with E-state index in [4.69, 9.17) is 9.57 Å². The Morgan fingerprint density at radius 1 is 1.00 bits per heavy atom. The predicted octanol–water partition coefficient (Wildman–Crippen LogP) is 3.39. The molecule has 124 valence electrons. The molecule has 1 amide bonds. The van der Waals surface area contributed by atoms with Crippen LogP contribution in [0.1, 0.15) is 12.0 Å². The summed E-state index contributed by atoms with van der Waals surface area (Å²) in [5.74, 6) is 0. The zero-order valence-electron chi connectivity index (χ0n) is 13.4. The summed E-state index contributed by atoms with van der Waals surface area (Å²) in [6, 6.07) is 19.6. The maximum atomic E-state index is 11.6. The standard InChI is InChI=1S/C19H20N2O3/c22-19(23-15-16-7-2-1-3-8-16)20-12-6-14-24-21-13-11-17-9-4-5-10-18(17)21/h1-5,7-11,13H,6,12,14-15H2,(H,20,22). The number of hydrogen-bond acceptors (Lipinski definition) is 3. The molecule has 2 aromatic carbocycles. The van der Waals surface area contributed by atoms with Gasteiger partial charge in [0, 0.05) is 24.5 Å². The SMILES string of the molecule is O=C(NCCCOn1ccc2ccccc21)OCc1ccccc1. The Hall–Kier alpha value is -2.95. The minimum Gasteiger partial charge on any atom is -0.445 e. The number of hydrogen-bond donors (Lipinski definition) is 1. The van der Waals surface area contributed by atoms with Crippen LogP contribution in [0.3, 0.4) is 0 Å². The first-order chi connectivity index (χ1) is 11.8. The van der Waals surface area contributed by atoms with Gasteiger partial charge in [0.25, 0.3) is 0 Å². The minimum atomic E-state index is -0.412. The summed E-state index contributed by atoms with van der Waals surface area (Å²) in [5.41, 5.74) is 2.00. The first-order valence-electron chi connectivity index (χ1n) is 7.97. The van der Waals surface area contributed by atoms with Gasteiger partial charge in [-0.25, -0.2) is 4.79 Å². The summed E-state index contributed by atoms with van der Waals surface area (Å²) in [7, 11) is 0. The molecule has 0 bridgehead atoms. The van der Waals surface area contributed by atoms with Crippen LogP contribution in [0, 0.1) is 0 Å². The van der Waals surface area contributed by atoms with Crippen LogP contribution in [0.5, 0.6) is 0 Å². The lowest BCUT2D eigenvalue weighted by Gasteiger charge is -2.09. The molecule has 3 rings (SSSR count). The molecule has 0 radical (unpaired) electrons. The lowest BCUT2D eigenvalue weighted by atomic mass is 10.2. The van der Waals surface area contributed by atoms with E-state index < -0.39 is 6.09 Å². The average molecular weight is 324 g/mol. The molecule has 0 aliphatic rings. The number of aromatic nitrogens is 1. The molecular formula is C19H20N2O3. The van der Waals surface area contributed by atoms with E-state index in [9.17, 15) is 4.79 Å². The van der Waals surface area contributed by atoms with Crippen LogP contribution in [-0.4, -0.2) is 24.0 Å². The number of nitrogens with one attached hydrogen (secondary N) is 1. The van der Waals surface area contributed by atoms with E-state index in [2.05, 4.69) is 5.32 Å². The fourth-order valence-corrected chi connectivity index (χ4v) is 2.37. The highest BCUT2D eigenvalue weighted by molar-refractivity contribution is 5.79. The third kappa shape index (κ3) is 4.29. The maximum Gasteiger partial charge on any atom is 0.407 e. The number of alkyl carbamates (subject to hydrolysis) is 1. The van der Waals surface area contributed by atoms with Crippen LogP contribution < -0.4 is 10.2 Å². The van der Waals surface area contributed by atoms with E-state index in [1.54, 1.807) is 4.73 Å². The molecule has 0 spiro atoms. The van der Waals surface area contributed by atoms with Gasteiger partial charge < -0.3 is 14.9 Å². The van der Waals surface area contributed by atoms with E-state index in [-0.39, 0.29) is 6.61 Å². The van der Waals surface area contributed by atoms with Crippen molar-refractivity contribution < 1.29 is 14.4 Å². The molecule has 0 fully saturated rings. The Morgan fingerprint density at radius 3 is 2.67 bits per heavy atom. The van der Waals surface area contributed by atoms with Crippen molar-refractivity contribution in [2.45, 2.75) is 13.0 Å². The van der Waals surface area contributed by atoms with Gasteiger partial charge in [-0.3, -0.25) is 0 Å². The van der Waals surface area contributed by atoms with Gasteiger partial charge in [-0.05, 0) is 17.7 Å². The van der Waals surface area contributed by atoms with Crippen LogP contribution in [0.25, 0.3) is 10.9 Å². The summed E-state index contributed by atoms with van der Waals surface area (Å²) in [4.78, 5) is 17.3. The Labute approximate surface area is 140 Å². The molecule has 5 nitrogen and oxygen atoms in total.